The molecule has 0 heterocycles. The van der Waals surface area contributed by atoms with Gasteiger partial charge in [-0.15, -0.1) is 0 Å². The summed E-state index contributed by atoms with van der Waals surface area (Å²) in [6.45, 7) is 1.61. The van der Waals surface area contributed by atoms with Gasteiger partial charge >= 0.3 is 22.1 Å². The number of anilines is 1. The van der Waals surface area contributed by atoms with Crippen molar-refractivity contribution in [1.29, 1.82) is 0 Å². The molecule has 0 atom stereocenters. The van der Waals surface area contributed by atoms with E-state index in [1.54, 1.807) is 31.2 Å². The van der Waals surface area contributed by atoms with E-state index in [9.17, 15) is 18.0 Å². The Balaban J connectivity index is 2.37. The third kappa shape index (κ3) is 5.34. The van der Waals surface area contributed by atoms with Gasteiger partial charge in [0, 0.05) is 5.69 Å². The van der Waals surface area contributed by atoms with E-state index in [-0.39, 0.29) is 22.0 Å². The molecule has 0 spiro atoms. The molecule has 0 aromatic heterocycles. The number of methoxy groups -OCH3 is 2. The van der Waals surface area contributed by atoms with E-state index >= 15 is 0 Å². The number of ether oxygens (including phenoxy) is 2. The lowest BCUT2D eigenvalue weighted by Crippen LogP contribution is -2.16. The average Bonchev–Trinajstić information content (AvgIpc) is 2.68. The van der Waals surface area contributed by atoms with E-state index in [1.807, 2.05) is 0 Å². The first kappa shape index (κ1) is 21.0. The Kier molecular flexibility index (Phi) is 6.78. The Hall–Kier alpha value is -3.33. The first-order valence-corrected chi connectivity index (χ1v) is 9.43. The molecule has 0 bridgehead atoms. The fraction of sp³-hybridized carbons (Fsp3) is 0.158. The minimum absolute atomic E-state index is 0.0939. The van der Waals surface area contributed by atoms with Gasteiger partial charge in [-0.25, -0.2) is 9.59 Å². The van der Waals surface area contributed by atoms with Gasteiger partial charge in [0.25, 0.3) is 0 Å². The van der Waals surface area contributed by atoms with Crippen molar-refractivity contribution in [3.63, 3.8) is 0 Å². The van der Waals surface area contributed by atoms with Gasteiger partial charge in [0.2, 0.25) is 0 Å². The average molecular weight is 405 g/mol. The van der Waals surface area contributed by atoms with Crippen LogP contribution in [-0.4, -0.2) is 34.6 Å². The van der Waals surface area contributed by atoms with Gasteiger partial charge < -0.3 is 19.0 Å². The summed E-state index contributed by atoms with van der Waals surface area (Å²) in [5.41, 5.74) is 0.463. The third-order valence-corrected chi connectivity index (χ3v) is 4.94. The fourth-order valence-electron chi connectivity index (χ4n) is 2.18. The number of carbonyl (C=O) groups excluding carboxylic acids is 2. The van der Waals surface area contributed by atoms with Gasteiger partial charge in [0.05, 0.1) is 20.3 Å². The monoisotopic (exact) mass is 405 g/mol. The van der Waals surface area contributed by atoms with Crippen molar-refractivity contribution in [3.05, 3.63) is 65.9 Å². The van der Waals surface area contributed by atoms with Crippen molar-refractivity contribution < 1.29 is 31.7 Å². The number of para-hydroxylation sites is 1. The maximum Gasteiger partial charge on any atom is 0.354 e. The topological polar surface area (TPSA) is 108 Å². The molecule has 0 unspecified atom stereocenters. The quantitative estimate of drug-likeness (QED) is 0.425. The van der Waals surface area contributed by atoms with Gasteiger partial charge in [-0.3, -0.25) is 0 Å². The van der Waals surface area contributed by atoms with Crippen LogP contribution in [0, 0.1) is 6.92 Å². The Morgan fingerprint density at radius 3 is 2.29 bits per heavy atom. The van der Waals surface area contributed by atoms with Gasteiger partial charge in [-0.2, -0.15) is 8.42 Å². The molecule has 8 nitrogen and oxygen atoms in total. The van der Waals surface area contributed by atoms with Crippen molar-refractivity contribution >= 4 is 27.7 Å². The summed E-state index contributed by atoms with van der Waals surface area (Å²) in [6, 6.07) is 12.4. The van der Waals surface area contributed by atoms with E-state index in [1.165, 1.54) is 24.3 Å². The van der Waals surface area contributed by atoms with Crippen LogP contribution in [0.5, 0.6) is 5.75 Å². The van der Waals surface area contributed by atoms with Crippen LogP contribution in [0.2, 0.25) is 0 Å². The summed E-state index contributed by atoms with van der Waals surface area (Å²) < 4.78 is 39.5. The molecule has 0 aliphatic heterocycles. The predicted molar refractivity (Wildman–Crippen MR) is 101 cm³/mol. The molecule has 0 saturated carbocycles. The molecule has 148 valence electrons. The Morgan fingerprint density at radius 1 is 1.00 bits per heavy atom. The summed E-state index contributed by atoms with van der Waals surface area (Å²) >= 11 is 0. The van der Waals surface area contributed by atoms with Gasteiger partial charge in [0.1, 0.15) is 16.3 Å². The zero-order valence-electron chi connectivity index (χ0n) is 15.5. The number of rotatable bonds is 7. The van der Waals surface area contributed by atoms with Crippen LogP contribution in [0.4, 0.5) is 5.69 Å². The summed E-state index contributed by atoms with van der Waals surface area (Å²) in [6.07, 6.45) is 0.903. The second-order valence-corrected chi connectivity index (χ2v) is 7.04. The molecule has 9 heteroatoms. The summed E-state index contributed by atoms with van der Waals surface area (Å²) in [5, 5.41) is 2.66. The van der Waals surface area contributed by atoms with E-state index < -0.39 is 22.1 Å². The Bertz CT molecular complexity index is 998. The molecule has 1 N–H and O–H groups in total. The minimum atomic E-state index is -4.12. The highest BCUT2D eigenvalue weighted by Crippen LogP contribution is 2.25. The van der Waals surface area contributed by atoms with Crippen LogP contribution in [0.1, 0.15) is 5.56 Å². The molecule has 0 fully saturated rings. The number of aryl methyl sites for hydroxylation is 1. The van der Waals surface area contributed by atoms with Crippen LogP contribution in [0.3, 0.4) is 0 Å². The number of hydrogen-bond acceptors (Lipinski definition) is 8. The molecule has 2 aromatic carbocycles. The van der Waals surface area contributed by atoms with Gasteiger partial charge in [0.15, 0.2) is 0 Å². The molecule has 0 amide bonds. The molecule has 28 heavy (non-hydrogen) atoms. The summed E-state index contributed by atoms with van der Waals surface area (Å²) in [4.78, 5) is 23.2. The zero-order chi connectivity index (χ0) is 20.7. The third-order valence-electron chi connectivity index (χ3n) is 3.55. The van der Waals surface area contributed by atoms with Crippen LogP contribution in [-0.2, 0) is 29.2 Å². The largest absolute Gasteiger partial charge is 0.466 e. The normalized spacial score (nSPS) is 11.5. The van der Waals surface area contributed by atoms with E-state index in [4.69, 9.17) is 4.18 Å². The number of nitrogens with one attached hydrogen (secondary N) is 1. The first-order chi connectivity index (χ1) is 13.3. The van der Waals surface area contributed by atoms with E-state index in [0.717, 1.165) is 20.3 Å². The smallest absolute Gasteiger partial charge is 0.354 e. The Labute approximate surface area is 162 Å². The minimum Gasteiger partial charge on any atom is -0.466 e. The highest BCUT2D eigenvalue weighted by Gasteiger charge is 2.21. The molecular weight excluding hydrogens is 386 g/mol. The van der Waals surface area contributed by atoms with Crippen LogP contribution in [0.25, 0.3) is 0 Å². The van der Waals surface area contributed by atoms with Crippen LogP contribution < -0.4 is 9.50 Å². The fourth-order valence-corrected chi connectivity index (χ4v) is 3.37. The SMILES string of the molecule is COC(=O)/C=C(/Nc1ccc(C)c(S(=O)(=O)Oc2ccccc2)c1)C(=O)OC. The number of carbonyl (C=O) groups is 2. The van der Waals surface area contributed by atoms with Crippen molar-refractivity contribution in [2.75, 3.05) is 19.5 Å². The van der Waals surface area contributed by atoms with E-state index in [0.29, 0.717) is 5.56 Å². The van der Waals surface area contributed by atoms with Gasteiger partial charge in [-0.05, 0) is 36.8 Å². The van der Waals surface area contributed by atoms with Crippen LogP contribution >= 0.6 is 0 Å². The molecular formula is C19H19NO7S. The molecule has 2 rings (SSSR count). The molecule has 0 aliphatic carbocycles. The summed E-state index contributed by atoms with van der Waals surface area (Å²) in [5.74, 6) is -1.43. The number of benzene rings is 2. The molecule has 0 radical (unpaired) electrons. The molecule has 0 aliphatic rings. The Morgan fingerprint density at radius 2 is 1.68 bits per heavy atom. The first-order valence-electron chi connectivity index (χ1n) is 8.02. The second kappa shape index (κ2) is 9.05. The maximum absolute atomic E-state index is 12.6. The van der Waals surface area contributed by atoms with E-state index in [2.05, 4.69) is 14.8 Å². The predicted octanol–water partition coefficient (Wildman–Crippen LogP) is 2.40. The highest BCUT2D eigenvalue weighted by atomic mass is 32.2. The van der Waals surface area contributed by atoms with Gasteiger partial charge in [-0.1, -0.05) is 24.3 Å². The van der Waals surface area contributed by atoms with Crippen molar-refractivity contribution in [1.82, 2.24) is 0 Å². The number of esters is 2. The summed E-state index contributed by atoms with van der Waals surface area (Å²) in [7, 11) is -1.82. The number of hydrogen-bond donors (Lipinski definition) is 1. The molecule has 0 saturated heterocycles. The lowest BCUT2D eigenvalue weighted by Gasteiger charge is -2.13. The van der Waals surface area contributed by atoms with Crippen molar-refractivity contribution in [3.8, 4) is 5.75 Å². The van der Waals surface area contributed by atoms with Crippen LogP contribution in [0.15, 0.2) is 65.2 Å². The lowest BCUT2D eigenvalue weighted by atomic mass is 10.2. The second-order valence-electron chi connectivity index (χ2n) is 5.53. The molecule has 2 aromatic rings. The zero-order valence-corrected chi connectivity index (χ0v) is 16.3. The van der Waals surface area contributed by atoms with Crippen molar-refractivity contribution in [2.24, 2.45) is 0 Å². The maximum atomic E-state index is 12.6. The lowest BCUT2D eigenvalue weighted by molar-refractivity contribution is -0.138. The highest BCUT2D eigenvalue weighted by molar-refractivity contribution is 7.87. The standard InChI is InChI=1S/C19H19NO7S/c1-13-9-10-14(20-16(19(22)26-3)12-18(21)25-2)11-17(13)28(23,24)27-15-7-5-4-6-8-15/h4-12,20H,1-3H3/b16-12+. The van der Waals surface area contributed by atoms with Crippen molar-refractivity contribution in [2.45, 2.75) is 11.8 Å².